The second-order valence-electron chi connectivity index (χ2n) is 4.07. The second-order valence-corrected chi connectivity index (χ2v) is 4.07. The minimum absolute atomic E-state index is 0.00781. The molecule has 0 heterocycles. The number of methoxy groups -OCH3 is 1. The maximum Gasteiger partial charge on any atom is 0.343 e. The molecule has 0 radical (unpaired) electrons. The van der Waals surface area contributed by atoms with Crippen molar-refractivity contribution in [3.8, 4) is 17.2 Å². The molecule has 0 bridgehead atoms. The standard InChI is InChI=1S/C15H14O5/c1-19-14-12(8-7-11(16)13(14)15(17)18)20-9-10-5-3-2-4-6-10/h2-8,16H,9H2,1H3,(H,17,18). The molecule has 0 fully saturated rings. The molecule has 0 saturated carbocycles. The van der Waals surface area contributed by atoms with Crippen LogP contribution in [0, 0.1) is 0 Å². The first-order valence-corrected chi connectivity index (χ1v) is 5.93. The normalized spacial score (nSPS) is 10.1. The first kappa shape index (κ1) is 13.7. The van der Waals surface area contributed by atoms with E-state index in [1.54, 1.807) is 0 Å². The van der Waals surface area contributed by atoms with E-state index in [0.29, 0.717) is 0 Å². The average molecular weight is 274 g/mol. The van der Waals surface area contributed by atoms with Crippen molar-refractivity contribution in [3.63, 3.8) is 0 Å². The molecule has 2 rings (SSSR count). The molecule has 0 unspecified atom stereocenters. The highest BCUT2D eigenvalue weighted by atomic mass is 16.5. The van der Waals surface area contributed by atoms with Crippen LogP contribution in [0.25, 0.3) is 0 Å². The van der Waals surface area contributed by atoms with Gasteiger partial charge < -0.3 is 19.7 Å². The Morgan fingerprint density at radius 1 is 1.15 bits per heavy atom. The topological polar surface area (TPSA) is 76.0 Å². The van der Waals surface area contributed by atoms with Gasteiger partial charge in [0, 0.05) is 0 Å². The zero-order chi connectivity index (χ0) is 14.5. The Hall–Kier alpha value is -2.69. The first-order chi connectivity index (χ1) is 9.63. The van der Waals surface area contributed by atoms with Crippen molar-refractivity contribution in [2.45, 2.75) is 6.61 Å². The molecule has 2 aromatic carbocycles. The minimum Gasteiger partial charge on any atom is -0.507 e. The van der Waals surface area contributed by atoms with E-state index in [9.17, 15) is 9.90 Å². The molecule has 2 aromatic rings. The van der Waals surface area contributed by atoms with Crippen LogP contribution in [-0.2, 0) is 6.61 Å². The van der Waals surface area contributed by atoms with Crippen LogP contribution in [0.15, 0.2) is 42.5 Å². The number of rotatable bonds is 5. The molecule has 0 saturated heterocycles. The molecule has 2 N–H and O–H groups in total. The maximum absolute atomic E-state index is 11.1. The van der Waals surface area contributed by atoms with Crippen LogP contribution in [0.5, 0.6) is 17.2 Å². The van der Waals surface area contributed by atoms with Gasteiger partial charge in [0.1, 0.15) is 17.9 Å². The van der Waals surface area contributed by atoms with E-state index in [-0.39, 0.29) is 29.4 Å². The van der Waals surface area contributed by atoms with Crippen LogP contribution >= 0.6 is 0 Å². The van der Waals surface area contributed by atoms with Gasteiger partial charge in [0.05, 0.1) is 7.11 Å². The van der Waals surface area contributed by atoms with Crippen molar-refractivity contribution < 1.29 is 24.5 Å². The zero-order valence-corrected chi connectivity index (χ0v) is 10.9. The number of benzene rings is 2. The third kappa shape index (κ3) is 2.83. The highest BCUT2D eigenvalue weighted by Gasteiger charge is 2.21. The van der Waals surface area contributed by atoms with Crippen molar-refractivity contribution in [2.24, 2.45) is 0 Å². The molecule has 0 aliphatic carbocycles. The molecule has 0 aliphatic rings. The summed E-state index contributed by atoms with van der Waals surface area (Å²) in [7, 11) is 1.33. The fourth-order valence-electron chi connectivity index (χ4n) is 1.81. The van der Waals surface area contributed by atoms with Crippen LogP contribution in [0.2, 0.25) is 0 Å². The average Bonchev–Trinajstić information content (AvgIpc) is 2.46. The predicted molar refractivity (Wildman–Crippen MR) is 72.4 cm³/mol. The summed E-state index contributed by atoms with van der Waals surface area (Å²) in [5.41, 5.74) is 0.637. The Kier molecular flexibility index (Phi) is 4.10. The summed E-state index contributed by atoms with van der Waals surface area (Å²) in [6.07, 6.45) is 0. The SMILES string of the molecule is COc1c(OCc2ccccc2)ccc(O)c1C(=O)O. The summed E-state index contributed by atoms with van der Waals surface area (Å²) in [6, 6.07) is 12.2. The van der Waals surface area contributed by atoms with Gasteiger partial charge in [-0.2, -0.15) is 0 Å². The molecule has 0 aliphatic heterocycles. The van der Waals surface area contributed by atoms with Gasteiger partial charge in [0.15, 0.2) is 11.5 Å². The first-order valence-electron chi connectivity index (χ1n) is 5.93. The molecule has 5 nitrogen and oxygen atoms in total. The lowest BCUT2D eigenvalue weighted by Gasteiger charge is -2.13. The van der Waals surface area contributed by atoms with E-state index in [1.165, 1.54) is 19.2 Å². The largest absolute Gasteiger partial charge is 0.507 e. The van der Waals surface area contributed by atoms with E-state index in [2.05, 4.69) is 0 Å². The van der Waals surface area contributed by atoms with Gasteiger partial charge in [-0.1, -0.05) is 30.3 Å². The van der Waals surface area contributed by atoms with E-state index < -0.39 is 5.97 Å². The molecule has 104 valence electrons. The summed E-state index contributed by atoms with van der Waals surface area (Å²) in [4.78, 5) is 11.1. The number of hydrogen-bond acceptors (Lipinski definition) is 4. The van der Waals surface area contributed by atoms with Gasteiger partial charge in [0.2, 0.25) is 0 Å². The number of aromatic hydroxyl groups is 1. The summed E-state index contributed by atoms with van der Waals surface area (Å²) in [6.45, 7) is 0.279. The number of phenols is 1. The Labute approximate surface area is 116 Å². The number of ether oxygens (including phenoxy) is 2. The predicted octanol–water partition coefficient (Wildman–Crippen LogP) is 2.68. The second kappa shape index (κ2) is 5.97. The van der Waals surface area contributed by atoms with E-state index in [4.69, 9.17) is 14.6 Å². The third-order valence-corrected chi connectivity index (χ3v) is 2.75. The zero-order valence-electron chi connectivity index (χ0n) is 10.9. The number of hydrogen-bond donors (Lipinski definition) is 2. The number of aromatic carboxylic acids is 1. The van der Waals surface area contributed by atoms with Crippen LogP contribution in [-0.4, -0.2) is 23.3 Å². The third-order valence-electron chi connectivity index (χ3n) is 2.75. The Morgan fingerprint density at radius 2 is 1.85 bits per heavy atom. The molecule has 0 aromatic heterocycles. The van der Waals surface area contributed by atoms with Gasteiger partial charge in [0.25, 0.3) is 0 Å². The maximum atomic E-state index is 11.1. The van der Waals surface area contributed by atoms with Crippen molar-refractivity contribution in [3.05, 3.63) is 53.6 Å². The Morgan fingerprint density at radius 3 is 2.45 bits per heavy atom. The van der Waals surface area contributed by atoms with E-state index in [1.807, 2.05) is 30.3 Å². The smallest absolute Gasteiger partial charge is 0.343 e. The van der Waals surface area contributed by atoms with Crippen LogP contribution in [0.3, 0.4) is 0 Å². The summed E-state index contributed by atoms with van der Waals surface area (Å²) < 4.78 is 10.6. The minimum atomic E-state index is -1.27. The lowest BCUT2D eigenvalue weighted by molar-refractivity contribution is 0.0689. The van der Waals surface area contributed by atoms with Crippen LogP contribution in [0.4, 0.5) is 0 Å². The van der Waals surface area contributed by atoms with Crippen molar-refractivity contribution in [1.82, 2.24) is 0 Å². The molecular formula is C15H14O5. The number of carboxylic acids is 1. The van der Waals surface area contributed by atoms with Crippen molar-refractivity contribution in [1.29, 1.82) is 0 Å². The number of carboxylic acid groups (broad SMARTS) is 1. The van der Waals surface area contributed by atoms with Crippen LogP contribution < -0.4 is 9.47 Å². The van der Waals surface area contributed by atoms with Gasteiger partial charge in [-0.05, 0) is 17.7 Å². The van der Waals surface area contributed by atoms with Crippen LogP contribution in [0.1, 0.15) is 15.9 Å². The fourth-order valence-corrected chi connectivity index (χ4v) is 1.81. The lowest BCUT2D eigenvalue weighted by Crippen LogP contribution is -2.04. The molecule has 0 atom stereocenters. The van der Waals surface area contributed by atoms with Gasteiger partial charge in [-0.3, -0.25) is 0 Å². The quantitative estimate of drug-likeness (QED) is 0.876. The fraction of sp³-hybridized carbons (Fsp3) is 0.133. The summed E-state index contributed by atoms with van der Waals surface area (Å²) in [5.74, 6) is -1.36. The molecule has 20 heavy (non-hydrogen) atoms. The monoisotopic (exact) mass is 274 g/mol. The van der Waals surface area contributed by atoms with Crippen molar-refractivity contribution in [2.75, 3.05) is 7.11 Å². The molecule has 5 heteroatoms. The van der Waals surface area contributed by atoms with Gasteiger partial charge in [-0.25, -0.2) is 4.79 Å². The Balaban J connectivity index is 2.28. The Bertz CT molecular complexity index is 607. The highest BCUT2D eigenvalue weighted by molar-refractivity contribution is 5.95. The molecule has 0 amide bonds. The summed E-state index contributed by atoms with van der Waals surface area (Å²) >= 11 is 0. The lowest BCUT2D eigenvalue weighted by atomic mass is 10.1. The molecular weight excluding hydrogens is 260 g/mol. The van der Waals surface area contributed by atoms with Gasteiger partial charge >= 0.3 is 5.97 Å². The highest BCUT2D eigenvalue weighted by Crippen LogP contribution is 2.37. The summed E-state index contributed by atoms with van der Waals surface area (Å²) in [5, 5.41) is 18.7. The van der Waals surface area contributed by atoms with E-state index in [0.717, 1.165) is 5.56 Å². The van der Waals surface area contributed by atoms with E-state index >= 15 is 0 Å². The van der Waals surface area contributed by atoms with Crippen molar-refractivity contribution >= 4 is 5.97 Å². The van der Waals surface area contributed by atoms with Gasteiger partial charge in [-0.15, -0.1) is 0 Å². The molecule has 0 spiro atoms. The number of carbonyl (C=O) groups is 1.